The van der Waals surface area contributed by atoms with Crippen LogP contribution >= 0.6 is 0 Å². The molecule has 1 fully saturated rings. The third-order valence-corrected chi connectivity index (χ3v) is 5.27. The number of nitrogens with one attached hydrogen (secondary N) is 1. The molecule has 134 valence electrons. The number of aromatic nitrogens is 3. The molecule has 0 spiro atoms. The van der Waals surface area contributed by atoms with Gasteiger partial charge < -0.3 is 14.6 Å². The van der Waals surface area contributed by atoms with Gasteiger partial charge >= 0.3 is 0 Å². The number of fused-ring (bicyclic) bond motifs is 2. The summed E-state index contributed by atoms with van der Waals surface area (Å²) in [6, 6.07) is 11.9. The first-order chi connectivity index (χ1) is 12.8. The van der Waals surface area contributed by atoms with Crippen LogP contribution in [-0.2, 0) is 17.8 Å². The van der Waals surface area contributed by atoms with E-state index in [4.69, 9.17) is 4.74 Å². The Balaban J connectivity index is 1.40. The third kappa shape index (κ3) is 3.01. The number of aromatic amines is 1. The first kappa shape index (κ1) is 15.6. The maximum Gasteiger partial charge on any atom is 0.270 e. The lowest BCUT2D eigenvalue weighted by Crippen LogP contribution is -2.37. The summed E-state index contributed by atoms with van der Waals surface area (Å²) in [7, 11) is 0. The quantitative estimate of drug-likeness (QED) is 0.787. The molecular formula is C20H22N4O2. The molecule has 0 bridgehead atoms. The van der Waals surface area contributed by atoms with Crippen LogP contribution in [0.3, 0.4) is 0 Å². The standard InChI is InChI=1S/C20H22N4O2/c25-20(19-9-15-3-1-2-4-18(15)22-19)23-10-16-7-8-21-24(16)12-17(11-23)26-13-14-5-6-14/h1-4,7-9,14,17,22H,5-6,10-13H2/t17-/m0/s1. The normalized spacial score (nSPS) is 20.2. The molecule has 5 rings (SSSR count). The summed E-state index contributed by atoms with van der Waals surface area (Å²) < 4.78 is 8.09. The first-order valence-electron chi connectivity index (χ1n) is 9.25. The van der Waals surface area contributed by atoms with E-state index in [0.717, 1.165) is 23.2 Å². The molecule has 1 aliphatic carbocycles. The molecule has 1 aliphatic heterocycles. The molecule has 6 nitrogen and oxygen atoms in total. The zero-order chi connectivity index (χ0) is 17.5. The third-order valence-electron chi connectivity index (χ3n) is 5.27. The largest absolute Gasteiger partial charge is 0.374 e. The Kier molecular flexibility index (Phi) is 3.78. The van der Waals surface area contributed by atoms with Gasteiger partial charge in [-0.15, -0.1) is 0 Å². The number of para-hydroxylation sites is 1. The summed E-state index contributed by atoms with van der Waals surface area (Å²) in [5.74, 6) is 0.712. The van der Waals surface area contributed by atoms with Crippen LogP contribution in [0, 0.1) is 5.92 Å². The van der Waals surface area contributed by atoms with Crippen molar-refractivity contribution >= 4 is 16.8 Å². The molecule has 2 aromatic heterocycles. The van der Waals surface area contributed by atoms with Gasteiger partial charge in [0.05, 0.1) is 24.9 Å². The topological polar surface area (TPSA) is 63.2 Å². The molecule has 26 heavy (non-hydrogen) atoms. The Morgan fingerprint density at radius 1 is 1.23 bits per heavy atom. The van der Waals surface area contributed by atoms with Crippen LogP contribution in [0.15, 0.2) is 42.6 Å². The molecule has 3 aromatic rings. The fourth-order valence-corrected chi connectivity index (χ4v) is 3.59. The second-order valence-corrected chi connectivity index (χ2v) is 7.36. The Bertz CT molecular complexity index is 907. The highest BCUT2D eigenvalue weighted by Gasteiger charge is 2.29. The lowest BCUT2D eigenvalue weighted by molar-refractivity contribution is 0.0135. The van der Waals surface area contributed by atoms with Gasteiger partial charge in [-0.3, -0.25) is 9.48 Å². The van der Waals surface area contributed by atoms with Crippen molar-refractivity contribution in [3.63, 3.8) is 0 Å². The van der Waals surface area contributed by atoms with E-state index < -0.39 is 0 Å². The number of H-pyrrole nitrogens is 1. The number of benzene rings is 1. The van der Waals surface area contributed by atoms with Crippen molar-refractivity contribution in [1.29, 1.82) is 0 Å². The minimum atomic E-state index is -0.0231. The SMILES string of the molecule is O=C(c1cc2ccccc2[nH]1)N1Cc2ccnn2C[C@@H](OCC2CC2)C1. The van der Waals surface area contributed by atoms with E-state index >= 15 is 0 Å². The maximum atomic E-state index is 13.2. The molecule has 0 unspecified atom stereocenters. The predicted molar refractivity (Wildman–Crippen MR) is 97.7 cm³/mol. The number of carbonyl (C=O) groups excluding carboxylic acids is 1. The van der Waals surface area contributed by atoms with Gasteiger partial charge in [-0.25, -0.2) is 0 Å². The van der Waals surface area contributed by atoms with E-state index in [-0.39, 0.29) is 12.0 Å². The van der Waals surface area contributed by atoms with Crippen molar-refractivity contribution in [2.24, 2.45) is 5.92 Å². The lowest BCUT2D eigenvalue weighted by atomic mass is 10.2. The lowest BCUT2D eigenvalue weighted by Gasteiger charge is -2.24. The van der Waals surface area contributed by atoms with Crippen molar-refractivity contribution in [3.8, 4) is 0 Å². The van der Waals surface area contributed by atoms with Crippen LogP contribution < -0.4 is 0 Å². The summed E-state index contributed by atoms with van der Waals surface area (Å²) in [6.45, 7) is 2.63. The molecule has 2 aliphatic rings. The smallest absolute Gasteiger partial charge is 0.270 e. The molecule has 0 saturated heterocycles. The van der Waals surface area contributed by atoms with Crippen LogP contribution in [0.1, 0.15) is 29.0 Å². The van der Waals surface area contributed by atoms with Gasteiger partial charge in [-0.2, -0.15) is 5.10 Å². The van der Waals surface area contributed by atoms with Gasteiger partial charge in [-0.1, -0.05) is 18.2 Å². The highest BCUT2D eigenvalue weighted by molar-refractivity contribution is 5.98. The highest BCUT2D eigenvalue weighted by atomic mass is 16.5. The van der Waals surface area contributed by atoms with Gasteiger partial charge in [0.1, 0.15) is 5.69 Å². The van der Waals surface area contributed by atoms with Crippen molar-refractivity contribution < 1.29 is 9.53 Å². The fraction of sp³-hybridized carbons (Fsp3) is 0.400. The number of ether oxygens (including phenoxy) is 1. The van der Waals surface area contributed by atoms with Crippen molar-refractivity contribution in [1.82, 2.24) is 19.7 Å². The molecule has 3 heterocycles. The zero-order valence-electron chi connectivity index (χ0n) is 14.6. The number of nitrogens with zero attached hydrogens (tertiary/aromatic N) is 3. The van der Waals surface area contributed by atoms with Crippen LogP contribution in [0.25, 0.3) is 10.9 Å². The van der Waals surface area contributed by atoms with Gasteiger partial charge in [-0.05, 0) is 37.0 Å². The van der Waals surface area contributed by atoms with E-state index in [1.54, 1.807) is 6.20 Å². The molecule has 1 atom stereocenters. The monoisotopic (exact) mass is 350 g/mol. The average Bonchev–Trinajstić information content (AvgIpc) is 3.28. The summed E-state index contributed by atoms with van der Waals surface area (Å²) in [6.07, 6.45) is 4.30. The number of carbonyl (C=O) groups is 1. The number of hydrogen-bond acceptors (Lipinski definition) is 3. The number of hydrogen-bond donors (Lipinski definition) is 1. The Hall–Kier alpha value is -2.60. The zero-order valence-corrected chi connectivity index (χ0v) is 14.6. The van der Waals surface area contributed by atoms with E-state index in [1.807, 2.05) is 46.0 Å². The van der Waals surface area contributed by atoms with Crippen LogP contribution in [0.4, 0.5) is 0 Å². The molecule has 1 aromatic carbocycles. The fourth-order valence-electron chi connectivity index (χ4n) is 3.59. The van der Waals surface area contributed by atoms with E-state index in [2.05, 4.69) is 10.1 Å². The number of amides is 1. The maximum absolute atomic E-state index is 13.2. The predicted octanol–water partition coefficient (Wildman–Crippen LogP) is 2.82. The van der Waals surface area contributed by atoms with Gasteiger partial charge in [0.25, 0.3) is 5.91 Å². The van der Waals surface area contributed by atoms with Crippen LogP contribution in [-0.4, -0.2) is 44.8 Å². The molecule has 1 saturated carbocycles. The van der Waals surface area contributed by atoms with Crippen molar-refractivity contribution in [2.75, 3.05) is 13.2 Å². The summed E-state index contributed by atoms with van der Waals surface area (Å²) in [4.78, 5) is 18.3. The van der Waals surface area contributed by atoms with Crippen LogP contribution in [0.5, 0.6) is 0 Å². The summed E-state index contributed by atoms with van der Waals surface area (Å²) in [5, 5.41) is 5.45. The summed E-state index contributed by atoms with van der Waals surface area (Å²) >= 11 is 0. The molecular weight excluding hydrogens is 328 g/mol. The van der Waals surface area contributed by atoms with Crippen molar-refractivity contribution in [3.05, 3.63) is 54.0 Å². The molecule has 0 radical (unpaired) electrons. The van der Waals surface area contributed by atoms with Gasteiger partial charge in [0.2, 0.25) is 0 Å². The second kappa shape index (κ2) is 6.29. The average molecular weight is 350 g/mol. The summed E-state index contributed by atoms with van der Waals surface area (Å²) in [5.41, 5.74) is 2.66. The van der Waals surface area contributed by atoms with Gasteiger partial charge in [0, 0.05) is 30.3 Å². The Morgan fingerprint density at radius 3 is 2.96 bits per heavy atom. The highest BCUT2D eigenvalue weighted by Crippen LogP contribution is 2.29. The molecule has 6 heteroatoms. The van der Waals surface area contributed by atoms with Crippen molar-refractivity contribution in [2.45, 2.75) is 32.0 Å². The van der Waals surface area contributed by atoms with E-state index in [0.29, 0.717) is 31.2 Å². The Morgan fingerprint density at radius 2 is 2.12 bits per heavy atom. The Labute approximate surface area is 151 Å². The minimum Gasteiger partial charge on any atom is -0.374 e. The van der Waals surface area contributed by atoms with E-state index in [9.17, 15) is 4.79 Å². The van der Waals surface area contributed by atoms with Gasteiger partial charge in [0.15, 0.2) is 0 Å². The second-order valence-electron chi connectivity index (χ2n) is 7.36. The first-order valence-corrected chi connectivity index (χ1v) is 9.25. The van der Waals surface area contributed by atoms with Crippen LogP contribution in [0.2, 0.25) is 0 Å². The van der Waals surface area contributed by atoms with E-state index in [1.165, 1.54) is 12.8 Å². The molecule has 1 N–H and O–H groups in total. The minimum absolute atomic E-state index is 0.0101. The number of rotatable bonds is 4. The molecule has 1 amide bonds.